The third-order valence-electron chi connectivity index (χ3n) is 3.29. The van der Waals surface area contributed by atoms with Crippen LogP contribution in [0.5, 0.6) is 0 Å². The first-order valence-electron chi connectivity index (χ1n) is 7.52. The normalized spacial score (nSPS) is 10.7. The van der Waals surface area contributed by atoms with Gasteiger partial charge in [0, 0.05) is 17.5 Å². The van der Waals surface area contributed by atoms with Crippen molar-refractivity contribution in [1.29, 1.82) is 0 Å². The Kier molecular flexibility index (Phi) is 6.72. The predicted octanol–water partition coefficient (Wildman–Crippen LogP) is 4.86. The molecule has 1 amide bonds. The Morgan fingerprint density at radius 2 is 2.15 bits per heavy atom. The second-order valence-electron chi connectivity index (χ2n) is 5.13. The molecule has 3 aromatic rings. The molecule has 0 aliphatic carbocycles. The van der Waals surface area contributed by atoms with Gasteiger partial charge in [-0.3, -0.25) is 9.69 Å². The van der Waals surface area contributed by atoms with Crippen LogP contribution in [-0.2, 0) is 4.79 Å². The number of benzene rings is 1. The first kappa shape index (κ1) is 20.1. The van der Waals surface area contributed by atoms with E-state index >= 15 is 0 Å². The van der Waals surface area contributed by atoms with Gasteiger partial charge in [-0.1, -0.05) is 58.4 Å². The summed E-state index contributed by atoms with van der Waals surface area (Å²) in [5, 5.41) is 11.4. The van der Waals surface area contributed by atoms with Crippen molar-refractivity contribution in [2.24, 2.45) is 0 Å². The van der Waals surface area contributed by atoms with E-state index in [-0.39, 0.29) is 11.7 Å². The highest BCUT2D eigenvalue weighted by molar-refractivity contribution is 8.01. The molecule has 0 aliphatic heterocycles. The summed E-state index contributed by atoms with van der Waals surface area (Å²) in [5.41, 5.74) is 7.11. The van der Waals surface area contributed by atoms with Gasteiger partial charge >= 0.3 is 0 Å². The van der Waals surface area contributed by atoms with E-state index in [1.54, 1.807) is 23.1 Å². The molecule has 0 fully saturated rings. The summed E-state index contributed by atoms with van der Waals surface area (Å²) in [5.74, 6) is 0.0909. The zero-order valence-corrected chi connectivity index (χ0v) is 17.7. The van der Waals surface area contributed by atoms with Crippen LogP contribution in [0.3, 0.4) is 0 Å². The van der Waals surface area contributed by atoms with Crippen LogP contribution in [0, 0.1) is 0 Å². The first-order valence-corrected chi connectivity index (χ1v) is 11.0. The number of rotatable bonds is 7. The highest BCUT2D eigenvalue weighted by atomic mass is 35.5. The maximum absolute atomic E-state index is 12.7. The minimum absolute atomic E-state index is 0.108. The van der Waals surface area contributed by atoms with Gasteiger partial charge in [0.1, 0.15) is 0 Å². The van der Waals surface area contributed by atoms with Crippen LogP contribution in [-0.4, -0.2) is 33.4 Å². The lowest BCUT2D eigenvalue weighted by molar-refractivity contribution is -0.116. The molecule has 0 unspecified atom stereocenters. The number of thiazole rings is 1. The molecular weight excluding hydrogens is 445 g/mol. The number of hydrogen-bond donors (Lipinski definition) is 1. The summed E-state index contributed by atoms with van der Waals surface area (Å²) in [6.07, 6.45) is 1.66. The van der Waals surface area contributed by atoms with Gasteiger partial charge in [0.25, 0.3) is 0 Å². The largest absolute Gasteiger partial charge is 0.374 e. The molecule has 140 valence electrons. The van der Waals surface area contributed by atoms with E-state index in [1.165, 1.54) is 34.4 Å². The summed E-state index contributed by atoms with van der Waals surface area (Å²) in [7, 11) is 0. The molecule has 6 nitrogen and oxygen atoms in total. The van der Waals surface area contributed by atoms with E-state index in [4.69, 9.17) is 28.9 Å². The lowest BCUT2D eigenvalue weighted by Crippen LogP contribution is -2.32. The Bertz CT molecular complexity index is 975. The number of hydrogen-bond acceptors (Lipinski definition) is 8. The molecule has 11 heteroatoms. The number of nitrogen functional groups attached to an aromatic ring is 1. The van der Waals surface area contributed by atoms with E-state index in [9.17, 15) is 4.79 Å². The Morgan fingerprint density at radius 3 is 2.81 bits per heavy atom. The summed E-state index contributed by atoms with van der Waals surface area (Å²) in [6.45, 7) is 4.08. The van der Waals surface area contributed by atoms with Crippen molar-refractivity contribution >= 4 is 73.8 Å². The van der Waals surface area contributed by atoms with Gasteiger partial charge in [-0.25, -0.2) is 4.98 Å². The Labute approximate surface area is 178 Å². The number of halogens is 2. The molecule has 0 radical (unpaired) electrons. The topological polar surface area (TPSA) is 85.0 Å². The van der Waals surface area contributed by atoms with Crippen molar-refractivity contribution in [3.05, 3.63) is 46.3 Å². The summed E-state index contributed by atoms with van der Waals surface area (Å²) < 4.78 is 0.648. The number of anilines is 2. The quantitative estimate of drug-likeness (QED) is 0.402. The zero-order valence-electron chi connectivity index (χ0n) is 13.8. The van der Waals surface area contributed by atoms with Gasteiger partial charge < -0.3 is 5.73 Å². The van der Waals surface area contributed by atoms with Gasteiger partial charge in [0.15, 0.2) is 9.47 Å². The third-order valence-corrected chi connectivity index (χ3v) is 6.77. The number of aromatic nitrogens is 3. The molecule has 0 aliphatic rings. The molecule has 0 bridgehead atoms. The average Bonchev–Trinajstić information content (AvgIpc) is 3.29. The van der Waals surface area contributed by atoms with E-state index < -0.39 is 0 Å². The van der Waals surface area contributed by atoms with Crippen LogP contribution in [0.2, 0.25) is 10.0 Å². The van der Waals surface area contributed by atoms with Crippen LogP contribution >= 0.6 is 57.6 Å². The summed E-state index contributed by atoms with van der Waals surface area (Å²) >= 11 is 15.9. The van der Waals surface area contributed by atoms with Crippen molar-refractivity contribution in [1.82, 2.24) is 15.2 Å². The van der Waals surface area contributed by atoms with E-state index in [1.807, 2.05) is 11.4 Å². The predicted molar refractivity (Wildman–Crippen MR) is 115 cm³/mol. The lowest BCUT2D eigenvalue weighted by Gasteiger charge is -2.17. The number of amides is 1. The van der Waals surface area contributed by atoms with Crippen molar-refractivity contribution in [2.75, 3.05) is 22.9 Å². The van der Waals surface area contributed by atoms with Crippen molar-refractivity contribution < 1.29 is 4.79 Å². The van der Waals surface area contributed by atoms with Crippen LogP contribution in [0.25, 0.3) is 11.3 Å². The first-order chi connectivity index (χ1) is 13.0. The molecule has 3 rings (SSSR count). The minimum Gasteiger partial charge on any atom is -0.374 e. The molecule has 27 heavy (non-hydrogen) atoms. The zero-order chi connectivity index (χ0) is 19.4. The number of nitrogens with two attached hydrogens (primary N) is 1. The summed E-state index contributed by atoms with van der Waals surface area (Å²) in [6, 6.07) is 5.30. The monoisotopic (exact) mass is 457 g/mol. The lowest BCUT2D eigenvalue weighted by atomic mass is 10.2. The second kappa shape index (κ2) is 9.03. The molecule has 2 heterocycles. The smallest absolute Gasteiger partial charge is 0.239 e. The Morgan fingerprint density at radius 1 is 1.33 bits per heavy atom. The number of carbonyl (C=O) groups excluding carboxylic acids is 1. The molecular formula is C16H13Cl2N5OS3. The van der Waals surface area contributed by atoms with Crippen LogP contribution in [0.1, 0.15) is 0 Å². The van der Waals surface area contributed by atoms with Gasteiger partial charge in [-0.15, -0.1) is 28.1 Å². The fourth-order valence-electron chi connectivity index (χ4n) is 2.07. The standard InChI is InChI=1S/C16H13Cl2N5OS3/c1-2-5-23(13(24)8-26-16-22-21-14(19)27-16)15-20-12(7-25-15)9-3-4-10(17)11(18)6-9/h2-4,6-7H,1,5,8H2,(H2,19,21). The van der Waals surface area contributed by atoms with Gasteiger partial charge in [0.05, 0.1) is 21.5 Å². The second-order valence-corrected chi connectivity index (χ2v) is 9.01. The average molecular weight is 458 g/mol. The maximum atomic E-state index is 12.7. The molecule has 0 atom stereocenters. The Hall–Kier alpha value is -1.65. The molecule has 0 spiro atoms. The Balaban J connectivity index is 1.76. The van der Waals surface area contributed by atoms with Gasteiger partial charge in [-0.2, -0.15) is 0 Å². The van der Waals surface area contributed by atoms with Crippen LogP contribution in [0.4, 0.5) is 10.3 Å². The highest BCUT2D eigenvalue weighted by Crippen LogP contribution is 2.32. The van der Waals surface area contributed by atoms with Crippen LogP contribution < -0.4 is 10.6 Å². The number of nitrogens with zero attached hydrogens (tertiary/aromatic N) is 4. The number of thioether (sulfide) groups is 1. The maximum Gasteiger partial charge on any atom is 0.239 e. The molecule has 0 saturated carbocycles. The van der Waals surface area contributed by atoms with E-state index in [2.05, 4.69) is 21.8 Å². The summed E-state index contributed by atoms with van der Waals surface area (Å²) in [4.78, 5) is 18.8. The molecule has 1 aromatic carbocycles. The van der Waals surface area contributed by atoms with Crippen molar-refractivity contribution in [2.45, 2.75) is 4.34 Å². The molecule has 0 saturated heterocycles. The minimum atomic E-state index is -0.108. The van der Waals surface area contributed by atoms with E-state index in [0.717, 1.165) is 11.3 Å². The number of carbonyl (C=O) groups is 1. The van der Waals surface area contributed by atoms with Gasteiger partial charge in [0.2, 0.25) is 11.0 Å². The highest BCUT2D eigenvalue weighted by Gasteiger charge is 2.19. The fourth-order valence-corrected chi connectivity index (χ4v) is 4.74. The van der Waals surface area contributed by atoms with Gasteiger partial charge in [-0.05, 0) is 12.1 Å². The third kappa shape index (κ3) is 4.99. The van der Waals surface area contributed by atoms with Crippen molar-refractivity contribution in [3.8, 4) is 11.3 Å². The van der Waals surface area contributed by atoms with Crippen molar-refractivity contribution in [3.63, 3.8) is 0 Å². The van der Waals surface area contributed by atoms with E-state index in [0.29, 0.717) is 31.2 Å². The fraction of sp³-hybridized carbons (Fsp3) is 0.125. The molecule has 2 aromatic heterocycles. The molecule has 2 N–H and O–H groups in total. The SMILES string of the molecule is C=CCN(C(=O)CSc1nnc(N)s1)c1nc(-c2ccc(Cl)c(Cl)c2)cs1. The van der Waals surface area contributed by atoms with Crippen LogP contribution in [0.15, 0.2) is 40.6 Å².